The fourth-order valence-electron chi connectivity index (χ4n) is 1.83. The van der Waals surface area contributed by atoms with Gasteiger partial charge in [0, 0.05) is 23.7 Å². The van der Waals surface area contributed by atoms with Gasteiger partial charge < -0.3 is 5.32 Å². The van der Waals surface area contributed by atoms with E-state index in [1.807, 2.05) is 0 Å². The van der Waals surface area contributed by atoms with E-state index in [0.717, 1.165) is 5.56 Å². The van der Waals surface area contributed by atoms with Crippen molar-refractivity contribution >= 4 is 21.6 Å². The van der Waals surface area contributed by atoms with Crippen LogP contribution in [0.5, 0.6) is 0 Å². The lowest BCUT2D eigenvalue weighted by Crippen LogP contribution is -2.15. The average Bonchev–Trinajstić information content (AvgIpc) is 2.42. The van der Waals surface area contributed by atoms with Crippen LogP contribution >= 0.6 is 11.6 Å². The lowest BCUT2D eigenvalue weighted by atomic mass is 10.2. The van der Waals surface area contributed by atoms with Gasteiger partial charge in [0.1, 0.15) is 5.82 Å². The molecule has 4 nitrogen and oxygen atoms in total. The van der Waals surface area contributed by atoms with E-state index in [4.69, 9.17) is 16.7 Å². The molecule has 112 valence electrons. The van der Waals surface area contributed by atoms with E-state index in [1.54, 1.807) is 24.3 Å². The summed E-state index contributed by atoms with van der Waals surface area (Å²) in [5.74, 6) is -0.362. The summed E-state index contributed by atoms with van der Waals surface area (Å²) < 4.78 is 35.8. The maximum atomic E-state index is 13.6. The highest BCUT2D eigenvalue weighted by Crippen LogP contribution is 2.18. The molecule has 0 bridgehead atoms. The predicted octanol–water partition coefficient (Wildman–Crippen LogP) is 2.42. The Kier molecular flexibility index (Phi) is 4.95. The summed E-state index contributed by atoms with van der Waals surface area (Å²) in [5.41, 5.74) is 1.26. The third-order valence-corrected chi connectivity index (χ3v) is 4.23. The number of benzene rings is 2. The average molecular weight is 329 g/mol. The molecule has 0 heterocycles. The van der Waals surface area contributed by atoms with Crippen molar-refractivity contribution in [2.45, 2.75) is 18.0 Å². The number of rotatable bonds is 5. The van der Waals surface area contributed by atoms with Gasteiger partial charge >= 0.3 is 0 Å². The molecule has 0 fully saturated rings. The largest absolute Gasteiger partial charge is 0.308 e. The highest BCUT2D eigenvalue weighted by atomic mass is 35.5. The Balaban J connectivity index is 1.98. The van der Waals surface area contributed by atoms with E-state index in [2.05, 4.69) is 5.32 Å². The number of hydrogen-bond acceptors (Lipinski definition) is 3. The van der Waals surface area contributed by atoms with Gasteiger partial charge in [0.15, 0.2) is 0 Å². The minimum Gasteiger partial charge on any atom is -0.308 e. The molecule has 2 rings (SSSR count). The van der Waals surface area contributed by atoms with Crippen molar-refractivity contribution in [1.82, 2.24) is 5.32 Å². The van der Waals surface area contributed by atoms with Crippen LogP contribution in [0.1, 0.15) is 11.1 Å². The van der Waals surface area contributed by atoms with Gasteiger partial charge in [-0.1, -0.05) is 29.8 Å². The summed E-state index contributed by atoms with van der Waals surface area (Å²) in [4.78, 5) is 0.0587. The van der Waals surface area contributed by atoms with Gasteiger partial charge in [-0.05, 0) is 29.8 Å². The van der Waals surface area contributed by atoms with Gasteiger partial charge in [0.2, 0.25) is 10.0 Å². The third kappa shape index (κ3) is 4.25. The number of primary sulfonamides is 1. The van der Waals surface area contributed by atoms with Crippen LogP contribution in [-0.2, 0) is 23.1 Å². The van der Waals surface area contributed by atoms with E-state index in [9.17, 15) is 12.8 Å². The zero-order chi connectivity index (χ0) is 15.5. The van der Waals surface area contributed by atoms with E-state index < -0.39 is 10.0 Å². The fourth-order valence-corrected chi connectivity index (χ4v) is 2.58. The first-order valence-electron chi connectivity index (χ1n) is 6.13. The molecule has 0 aliphatic heterocycles. The normalized spacial score (nSPS) is 11.6. The fraction of sp³-hybridized carbons (Fsp3) is 0.143. The van der Waals surface area contributed by atoms with Crippen molar-refractivity contribution in [2.75, 3.05) is 0 Å². The molecule has 0 aromatic heterocycles. The summed E-state index contributed by atoms with van der Waals surface area (Å²) in [6.45, 7) is 0.734. The molecule has 0 saturated carbocycles. The van der Waals surface area contributed by atoms with Gasteiger partial charge in [-0.15, -0.1) is 0 Å². The number of sulfonamides is 1. The lowest BCUT2D eigenvalue weighted by molar-refractivity contribution is 0.587. The summed E-state index contributed by atoms with van der Waals surface area (Å²) >= 11 is 5.92. The molecule has 0 aliphatic carbocycles. The van der Waals surface area contributed by atoms with Gasteiger partial charge in [-0.3, -0.25) is 0 Å². The number of hydrogen-bond donors (Lipinski definition) is 2. The molecule has 0 unspecified atom stereocenters. The molecular weight excluding hydrogens is 315 g/mol. The van der Waals surface area contributed by atoms with Crippen molar-refractivity contribution in [2.24, 2.45) is 5.14 Å². The van der Waals surface area contributed by atoms with Crippen molar-refractivity contribution < 1.29 is 12.8 Å². The Morgan fingerprint density at radius 3 is 2.33 bits per heavy atom. The van der Waals surface area contributed by atoms with Gasteiger partial charge in [-0.2, -0.15) is 0 Å². The molecule has 0 radical (unpaired) electrons. The first-order chi connectivity index (χ1) is 9.88. The minimum atomic E-state index is -3.68. The molecule has 0 atom stereocenters. The third-order valence-electron chi connectivity index (χ3n) is 2.94. The minimum absolute atomic E-state index is 0.0587. The summed E-state index contributed by atoms with van der Waals surface area (Å²) in [7, 11) is -3.68. The molecule has 21 heavy (non-hydrogen) atoms. The summed E-state index contributed by atoms with van der Waals surface area (Å²) in [6.07, 6.45) is 0. The van der Waals surface area contributed by atoms with Crippen molar-refractivity contribution in [3.05, 3.63) is 64.4 Å². The quantitative estimate of drug-likeness (QED) is 0.885. The van der Waals surface area contributed by atoms with E-state index in [-0.39, 0.29) is 17.3 Å². The van der Waals surface area contributed by atoms with Crippen molar-refractivity contribution in [3.8, 4) is 0 Å². The first kappa shape index (κ1) is 15.9. The first-order valence-corrected chi connectivity index (χ1v) is 8.06. The van der Waals surface area contributed by atoms with E-state index >= 15 is 0 Å². The van der Waals surface area contributed by atoms with Crippen molar-refractivity contribution in [3.63, 3.8) is 0 Å². The second-order valence-corrected chi connectivity index (χ2v) is 6.46. The monoisotopic (exact) mass is 328 g/mol. The Morgan fingerprint density at radius 2 is 1.76 bits per heavy atom. The summed E-state index contributed by atoms with van der Waals surface area (Å²) in [5, 5.41) is 8.44. The Morgan fingerprint density at radius 1 is 1.10 bits per heavy atom. The van der Waals surface area contributed by atoms with Gasteiger partial charge in [0.25, 0.3) is 0 Å². The molecule has 0 amide bonds. The van der Waals surface area contributed by atoms with Gasteiger partial charge in [0.05, 0.1) is 4.90 Å². The molecule has 0 aliphatic rings. The second kappa shape index (κ2) is 6.53. The standard InChI is InChI=1S/C14H14ClFN2O2S/c15-13-2-1-3-14(16)12(13)9-18-8-10-4-6-11(7-5-10)21(17,19)20/h1-7,18H,8-9H2,(H2,17,19,20). The van der Waals surface area contributed by atoms with Crippen LogP contribution in [-0.4, -0.2) is 8.42 Å². The van der Waals surface area contributed by atoms with Gasteiger partial charge in [-0.25, -0.2) is 17.9 Å². The molecular formula is C14H14ClFN2O2S. The molecule has 2 aromatic rings. The predicted molar refractivity (Wildman–Crippen MR) is 79.8 cm³/mol. The topological polar surface area (TPSA) is 72.2 Å². The zero-order valence-electron chi connectivity index (χ0n) is 11.0. The maximum absolute atomic E-state index is 13.6. The molecule has 2 aromatic carbocycles. The number of nitrogens with two attached hydrogens (primary N) is 1. The lowest BCUT2D eigenvalue weighted by Gasteiger charge is -2.08. The Bertz CT molecular complexity index is 713. The second-order valence-electron chi connectivity index (χ2n) is 4.49. The Labute approximate surface area is 127 Å². The van der Waals surface area contributed by atoms with E-state index in [0.29, 0.717) is 17.1 Å². The van der Waals surface area contributed by atoms with Crippen molar-refractivity contribution in [1.29, 1.82) is 0 Å². The number of halogens is 2. The van der Waals surface area contributed by atoms with Crippen LogP contribution in [0.3, 0.4) is 0 Å². The van der Waals surface area contributed by atoms with Crippen LogP contribution in [0, 0.1) is 5.82 Å². The van der Waals surface area contributed by atoms with Crippen LogP contribution in [0.2, 0.25) is 5.02 Å². The summed E-state index contributed by atoms with van der Waals surface area (Å²) in [6, 6.07) is 10.7. The van der Waals surface area contributed by atoms with Crippen LogP contribution in [0.15, 0.2) is 47.4 Å². The van der Waals surface area contributed by atoms with Crippen LogP contribution in [0.4, 0.5) is 4.39 Å². The molecule has 3 N–H and O–H groups in total. The number of nitrogens with one attached hydrogen (secondary N) is 1. The molecule has 0 saturated heterocycles. The maximum Gasteiger partial charge on any atom is 0.238 e. The van der Waals surface area contributed by atoms with Crippen LogP contribution in [0.25, 0.3) is 0 Å². The smallest absolute Gasteiger partial charge is 0.238 e. The Hall–Kier alpha value is -1.47. The molecule has 0 spiro atoms. The highest BCUT2D eigenvalue weighted by Gasteiger charge is 2.08. The SMILES string of the molecule is NS(=O)(=O)c1ccc(CNCc2c(F)cccc2Cl)cc1. The molecule has 7 heteroatoms. The van der Waals surface area contributed by atoms with Crippen LogP contribution < -0.4 is 10.5 Å². The van der Waals surface area contributed by atoms with E-state index in [1.165, 1.54) is 18.2 Å². The highest BCUT2D eigenvalue weighted by molar-refractivity contribution is 7.89. The zero-order valence-corrected chi connectivity index (χ0v) is 12.6.